The third-order valence-electron chi connectivity index (χ3n) is 6.68. The van der Waals surface area contributed by atoms with Crippen molar-refractivity contribution in [2.24, 2.45) is 5.92 Å². The third-order valence-corrected chi connectivity index (χ3v) is 7.71. The van der Waals surface area contributed by atoms with Gasteiger partial charge >= 0.3 is 5.97 Å². The first-order valence-corrected chi connectivity index (χ1v) is 14.0. The first kappa shape index (κ1) is 28.1. The molecular formula is C26H31ClFN5O4S. The summed E-state index contributed by atoms with van der Waals surface area (Å²) in [6, 6.07) is 7.11. The van der Waals surface area contributed by atoms with Crippen LogP contribution in [-0.4, -0.2) is 88.7 Å². The van der Waals surface area contributed by atoms with Crippen molar-refractivity contribution in [3.05, 3.63) is 46.9 Å². The summed E-state index contributed by atoms with van der Waals surface area (Å²) in [5.74, 6) is -0.401. The third kappa shape index (κ3) is 6.93. The number of nitrogens with zero attached hydrogens (tertiary/aromatic N) is 5. The Balaban J connectivity index is 1.35. The normalized spacial score (nSPS) is 19.8. The van der Waals surface area contributed by atoms with Gasteiger partial charge in [-0.15, -0.1) is 0 Å². The Bertz CT molecular complexity index is 1170. The fraction of sp³-hybridized carbons (Fsp3) is 0.500. The zero-order valence-corrected chi connectivity index (χ0v) is 23.0. The van der Waals surface area contributed by atoms with Gasteiger partial charge in [-0.3, -0.25) is 14.4 Å². The molecule has 204 valence electrons. The molecule has 2 saturated heterocycles. The lowest BCUT2D eigenvalue weighted by Gasteiger charge is -2.40. The second-order valence-electron chi connectivity index (χ2n) is 9.35. The lowest BCUT2D eigenvalue weighted by Crippen LogP contribution is -2.54. The topological polar surface area (TPSA) is 95.9 Å². The van der Waals surface area contributed by atoms with Gasteiger partial charge in [-0.2, -0.15) is 0 Å². The predicted molar refractivity (Wildman–Crippen MR) is 143 cm³/mol. The molecule has 0 saturated carbocycles. The number of thioether (sulfide) groups is 1. The number of amides is 2. The van der Waals surface area contributed by atoms with Crippen LogP contribution in [0.4, 0.5) is 10.2 Å². The quantitative estimate of drug-likeness (QED) is 0.219. The van der Waals surface area contributed by atoms with Crippen molar-refractivity contribution >= 4 is 47.0 Å². The molecule has 9 nitrogen and oxygen atoms in total. The summed E-state index contributed by atoms with van der Waals surface area (Å²) in [4.78, 5) is 52.2. The Labute approximate surface area is 230 Å². The molecule has 2 fully saturated rings. The number of piperidine rings is 1. The molecule has 3 heterocycles. The van der Waals surface area contributed by atoms with E-state index in [9.17, 15) is 18.8 Å². The molecule has 12 heteroatoms. The zero-order chi connectivity index (χ0) is 27.2. The van der Waals surface area contributed by atoms with Gasteiger partial charge < -0.3 is 19.4 Å². The molecular weight excluding hydrogens is 533 g/mol. The van der Waals surface area contributed by atoms with Crippen molar-refractivity contribution in [1.29, 1.82) is 0 Å². The van der Waals surface area contributed by atoms with E-state index in [2.05, 4.69) is 9.97 Å². The molecule has 2 aromatic rings. The minimum Gasteiger partial charge on any atom is -0.466 e. The number of piperazine rings is 1. The first-order chi connectivity index (χ1) is 18.2. The van der Waals surface area contributed by atoms with Crippen LogP contribution < -0.4 is 4.90 Å². The number of ether oxygens (including phenoxy) is 1. The average molecular weight is 564 g/mol. The maximum absolute atomic E-state index is 13.2. The molecule has 38 heavy (non-hydrogen) atoms. The minimum atomic E-state index is -0.382. The van der Waals surface area contributed by atoms with E-state index in [1.807, 2.05) is 11.8 Å². The van der Waals surface area contributed by atoms with E-state index in [-0.39, 0.29) is 46.5 Å². The van der Waals surface area contributed by atoms with Crippen LogP contribution in [0.3, 0.4) is 0 Å². The van der Waals surface area contributed by atoms with Crippen LogP contribution in [0.2, 0.25) is 5.15 Å². The highest BCUT2D eigenvalue weighted by Gasteiger charge is 2.31. The molecule has 0 aliphatic carbocycles. The standard InChI is InChI=1S/C26H31ClFN5O4S/c1-3-37-25(36)19-5-4-10-32(15-19)23(34)16-38-26-29-21(27)13-22(30-26)31-11-12-33(17(2)14-31)24(35)18-6-8-20(28)9-7-18/h6-9,13,17,19H,3-5,10-12,14-16H2,1-2H3. The van der Waals surface area contributed by atoms with Gasteiger partial charge in [-0.05, 0) is 51.0 Å². The molecule has 0 N–H and O–H groups in total. The van der Waals surface area contributed by atoms with E-state index in [0.29, 0.717) is 55.9 Å². The van der Waals surface area contributed by atoms with Gasteiger partial charge in [0, 0.05) is 50.4 Å². The van der Waals surface area contributed by atoms with E-state index in [4.69, 9.17) is 16.3 Å². The predicted octanol–water partition coefficient (Wildman–Crippen LogP) is 3.51. The summed E-state index contributed by atoms with van der Waals surface area (Å²) >= 11 is 7.50. The molecule has 0 spiro atoms. The van der Waals surface area contributed by atoms with Crippen LogP contribution in [0.5, 0.6) is 0 Å². The van der Waals surface area contributed by atoms with Crippen LogP contribution in [0.25, 0.3) is 0 Å². The Morgan fingerprint density at radius 3 is 2.61 bits per heavy atom. The average Bonchev–Trinajstić information content (AvgIpc) is 2.91. The van der Waals surface area contributed by atoms with Gasteiger partial charge in [-0.1, -0.05) is 23.4 Å². The highest BCUT2D eigenvalue weighted by molar-refractivity contribution is 7.99. The number of benzene rings is 1. The maximum Gasteiger partial charge on any atom is 0.310 e. The number of rotatable bonds is 7. The summed E-state index contributed by atoms with van der Waals surface area (Å²) in [6.07, 6.45) is 1.48. The molecule has 2 atom stereocenters. The Hall–Kier alpha value is -2.92. The van der Waals surface area contributed by atoms with Gasteiger partial charge in [-0.25, -0.2) is 14.4 Å². The van der Waals surface area contributed by atoms with Crippen LogP contribution in [0.15, 0.2) is 35.5 Å². The highest BCUT2D eigenvalue weighted by atomic mass is 35.5. The van der Waals surface area contributed by atoms with E-state index in [1.54, 1.807) is 22.8 Å². The minimum absolute atomic E-state index is 0.0873. The van der Waals surface area contributed by atoms with Gasteiger partial charge in [0.15, 0.2) is 5.16 Å². The van der Waals surface area contributed by atoms with Crippen molar-refractivity contribution in [2.45, 2.75) is 37.9 Å². The van der Waals surface area contributed by atoms with Gasteiger partial charge in [0.1, 0.15) is 16.8 Å². The Morgan fingerprint density at radius 2 is 1.89 bits per heavy atom. The number of hydrogen-bond donors (Lipinski definition) is 0. The molecule has 2 unspecified atom stereocenters. The molecule has 0 bridgehead atoms. The van der Waals surface area contributed by atoms with E-state index >= 15 is 0 Å². The monoisotopic (exact) mass is 563 g/mol. The molecule has 1 aromatic heterocycles. The second kappa shape index (κ2) is 12.8. The van der Waals surface area contributed by atoms with Gasteiger partial charge in [0.05, 0.1) is 18.3 Å². The van der Waals surface area contributed by atoms with Crippen LogP contribution >= 0.6 is 23.4 Å². The lowest BCUT2D eigenvalue weighted by atomic mass is 9.98. The largest absolute Gasteiger partial charge is 0.466 e. The lowest BCUT2D eigenvalue weighted by molar-refractivity contribution is -0.151. The zero-order valence-electron chi connectivity index (χ0n) is 21.4. The highest BCUT2D eigenvalue weighted by Crippen LogP contribution is 2.26. The summed E-state index contributed by atoms with van der Waals surface area (Å²) in [6.45, 7) is 6.56. The number of hydrogen-bond acceptors (Lipinski definition) is 8. The van der Waals surface area contributed by atoms with Crippen LogP contribution in [0.1, 0.15) is 37.0 Å². The number of aromatic nitrogens is 2. The van der Waals surface area contributed by atoms with Gasteiger partial charge in [0.2, 0.25) is 5.91 Å². The fourth-order valence-electron chi connectivity index (χ4n) is 4.71. The number of carbonyl (C=O) groups is 3. The van der Waals surface area contributed by atoms with Crippen molar-refractivity contribution in [3.8, 4) is 0 Å². The molecule has 2 aliphatic rings. The SMILES string of the molecule is CCOC(=O)C1CCCN(C(=O)CSc2nc(Cl)cc(N3CCN(C(=O)c4ccc(F)cc4)C(C)C3)n2)C1. The van der Waals surface area contributed by atoms with E-state index < -0.39 is 0 Å². The first-order valence-electron chi connectivity index (χ1n) is 12.7. The molecule has 2 aliphatic heterocycles. The number of likely N-dealkylation sites (tertiary alicyclic amines) is 1. The van der Waals surface area contributed by atoms with Crippen LogP contribution in [-0.2, 0) is 14.3 Å². The number of halogens is 2. The number of anilines is 1. The molecule has 0 radical (unpaired) electrons. The second-order valence-corrected chi connectivity index (χ2v) is 10.7. The number of esters is 1. The maximum atomic E-state index is 13.2. The van der Waals surface area contributed by atoms with Crippen molar-refractivity contribution in [2.75, 3.05) is 50.0 Å². The molecule has 2 amide bonds. The van der Waals surface area contributed by atoms with Crippen LogP contribution in [0, 0.1) is 11.7 Å². The summed E-state index contributed by atoms with van der Waals surface area (Å²) in [5, 5.41) is 0.653. The van der Waals surface area contributed by atoms with Crippen molar-refractivity contribution in [1.82, 2.24) is 19.8 Å². The number of carbonyl (C=O) groups excluding carboxylic acids is 3. The fourth-order valence-corrected chi connectivity index (χ4v) is 5.70. The van der Waals surface area contributed by atoms with E-state index in [0.717, 1.165) is 12.8 Å². The summed E-state index contributed by atoms with van der Waals surface area (Å²) in [7, 11) is 0. The van der Waals surface area contributed by atoms with Crippen molar-refractivity contribution < 1.29 is 23.5 Å². The Kier molecular flexibility index (Phi) is 9.43. The summed E-state index contributed by atoms with van der Waals surface area (Å²) < 4.78 is 18.4. The Morgan fingerprint density at radius 1 is 1.13 bits per heavy atom. The smallest absolute Gasteiger partial charge is 0.310 e. The summed E-state index contributed by atoms with van der Waals surface area (Å²) in [5.41, 5.74) is 0.447. The van der Waals surface area contributed by atoms with Gasteiger partial charge in [0.25, 0.3) is 5.91 Å². The molecule has 4 rings (SSSR count). The van der Waals surface area contributed by atoms with E-state index in [1.165, 1.54) is 36.0 Å². The molecule has 1 aromatic carbocycles. The van der Waals surface area contributed by atoms with Crippen molar-refractivity contribution in [3.63, 3.8) is 0 Å².